The second-order valence-corrected chi connectivity index (χ2v) is 8.46. The summed E-state index contributed by atoms with van der Waals surface area (Å²) in [5.74, 6) is 2.35. The van der Waals surface area contributed by atoms with Gasteiger partial charge in [-0.15, -0.1) is 0 Å². The zero-order valence-corrected chi connectivity index (χ0v) is 19.0. The molecule has 0 saturated heterocycles. The van der Waals surface area contributed by atoms with E-state index in [0.717, 1.165) is 46.1 Å². The number of nitrogens with one attached hydrogen (secondary N) is 1. The van der Waals surface area contributed by atoms with Gasteiger partial charge in [-0.25, -0.2) is 9.97 Å². The summed E-state index contributed by atoms with van der Waals surface area (Å²) in [6, 6.07) is 16.4. The summed E-state index contributed by atoms with van der Waals surface area (Å²) in [7, 11) is 1.68. The SMILES string of the molecule is C=C/C(=C\c1c(CC2CCCC2)ncnc1Nc1cccc(C)c1)c1ccc(OC)cc1. The van der Waals surface area contributed by atoms with Gasteiger partial charge in [-0.2, -0.15) is 0 Å². The fraction of sp³-hybridized carbons (Fsp3) is 0.286. The van der Waals surface area contributed by atoms with Crippen LogP contribution >= 0.6 is 0 Å². The first kappa shape index (κ1) is 21.8. The number of benzene rings is 2. The molecule has 32 heavy (non-hydrogen) atoms. The molecule has 1 aliphatic rings. The van der Waals surface area contributed by atoms with E-state index < -0.39 is 0 Å². The van der Waals surface area contributed by atoms with Crippen molar-refractivity contribution in [3.8, 4) is 5.75 Å². The molecule has 0 radical (unpaired) electrons. The van der Waals surface area contributed by atoms with E-state index in [1.54, 1.807) is 13.4 Å². The minimum absolute atomic E-state index is 0.692. The maximum atomic E-state index is 5.31. The minimum atomic E-state index is 0.692. The monoisotopic (exact) mass is 425 g/mol. The van der Waals surface area contributed by atoms with Gasteiger partial charge in [0.15, 0.2) is 0 Å². The molecule has 0 unspecified atom stereocenters. The standard InChI is InChI=1S/C28H31N3O/c1-4-22(23-12-14-25(32-3)15-13-23)18-26-27(17-21-9-5-6-10-21)29-19-30-28(26)31-24-11-7-8-20(2)16-24/h4,7-8,11-16,18-19,21H,1,5-6,9-10,17H2,2-3H3,(H,29,30,31)/b22-18+. The van der Waals surface area contributed by atoms with Gasteiger partial charge >= 0.3 is 0 Å². The summed E-state index contributed by atoms with van der Waals surface area (Å²) in [4.78, 5) is 9.35. The first-order valence-electron chi connectivity index (χ1n) is 11.3. The van der Waals surface area contributed by atoms with Crippen LogP contribution in [0, 0.1) is 12.8 Å². The largest absolute Gasteiger partial charge is 0.497 e. The van der Waals surface area contributed by atoms with Crippen molar-refractivity contribution in [2.75, 3.05) is 12.4 Å². The molecule has 1 fully saturated rings. The van der Waals surface area contributed by atoms with Gasteiger partial charge in [-0.1, -0.05) is 62.6 Å². The summed E-state index contributed by atoms with van der Waals surface area (Å²) in [6.07, 6.45) is 11.9. The van der Waals surface area contributed by atoms with Crippen LogP contribution in [0.5, 0.6) is 5.75 Å². The Morgan fingerprint density at radius 3 is 2.59 bits per heavy atom. The molecule has 0 bridgehead atoms. The molecule has 3 aromatic rings. The fourth-order valence-electron chi connectivity index (χ4n) is 4.39. The molecule has 164 valence electrons. The highest BCUT2D eigenvalue weighted by Gasteiger charge is 2.19. The van der Waals surface area contributed by atoms with E-state index in [1.807, 2.05) is 18.2 Å². The molecule has 1 N–H and O–H groups in total. The molecule has 1 aromatic heterocycles. The van der Waals surface area contributed by atoms with E-state index >= 15 is 0 Å². The van der Waals surface area contributed by atoms with Crippen molar-refractivity contribution in [3.05, 3.63) is 89.9 Å². The molecule has 0 spiro atoms. The number of nitrogens with zero attached hydrogens (tertiary/aromatic N) is 2. The summed E-state index contributed by atoms with van der Waals surface area (Å²) in [6.45, 7) is 6.17. The Morgan fingerprint density at radius 1 is 1.12 bits per heavy atom. The maximum Gasteiger partial charge on any atom is 0.141 e. The molecule has 1 heterocycles. The van der Waals surface area contributed by atoms with Crippen LogP contribution in [0.1, 0.15) is 48.1 Å². The van der Waals surface area contributed by atoms with Crippen LogP contribution in [-0.4, -0.2) is 17.1 Å². The van der Waals surface area contributed by atoms with Crippen molar-refractivity contribution >= 4 is 23.2 Å². The number of rotatable bonds is 8. The van der Waals surface area contributed by atoms with Crippen LogP contribution in [-0.2, 0) is 6.42 Å². The Balaban J connectivity index is 1.76. The van der Waals surface area contributed by atoms with Crippen LogP contribution in [0.15, 0.2) is 67.5 Å². The van der Waals surface area contributed by atoms with E-state index in [2.05, 4.69) is 66.3 Å². The van der Waals surface area contributed by atoms with Crippen LogP contribution in [0.3, 0.4) is 0 Å². The number of anilines is 2. The van der Waals surface area contributed by atoms with Crippen LogP contribution in [0.2, 0.25) is 0 Å². The zero-order chi connectivity index (χ0) is 22.3. The van der Waals surface area contributed by atoms with Gasteiger partial charge in [-0.3, -0.25) is 0 Å². The van der Waals surface area contributed by atoms with Crippen molar-refractivity contribution in [2.24, 2.45) is 5.92 Å². The number of hydrogen-bond donors (Lipinski definition) is 1. The predicted molar refractivity (Wildman–Crippen MR) is 133 cm³/mol. The maximum absolute atomic E-state index is 5.31. The molecule has 4 heteroatoms. The van der Waals surface area contributed by atoms with Crippen LogP contribution < -0.4 is 10.1 Å². The number of aryl methyl sites for hydroxylation is 1. The van der Waals surface area contributed by atoms with Crippen molar-refractivity contribution in [2.45, 2.75) is 39.0 Å². The quantitative estimate of drug-likeness (QED) is 0.395. The van der Waals surface area contributed by atoms with Gasteiger partial charge in [-0.05, 0) is 66.3 Å². The Labute approximate surface area is 191 Å². The van der Waals surface area contributed by atoms with Gasteiger partial charge in [0.25, 0.3) is 0 Å². The molecule has 0 atom stereocenters. The van der Waals surface area contributed by atoms with Crippen molar-refractivity contribution in [3.63, 3.8) is 0 Å². The van der Waals surface area contributed by atoms with E-state index in [4.69, 9.17) is 9.72 Å². The molecule has 0 aliphatic heterocycles. The number of allylic oxidation sites excluding steroid dienone is 2. The summed E-state index contributed by atoms with van der Waals surface area (Å²) < 4.78 is 5.31. The first-order chi connectivity index (χ1) is 15.7. The molecule has 4 nitrogen and oxygen atoms in total. The number of hydrogen-bond acceptors (Lipinski definition) is 4. The average molecular weight is 426 g/mol. The minimum Gasteiger partial charge on any atom is -0.497 e. The van der Waals surface area contributed by atoms with Crippen LogP contribution in [0.25, 0.3) is 11.6 Å². The topological polar surface area (TPSA) is 47.0 Å². The Hall–Kier alpha value is -3.40. The summed E-state index contributed by atoms with van der Waals surface area (Å²) >= 11 is 0. The molecular formula is C28H31N3O. The average Bonchev–Trinajstić information content (AvgIpc) is 3.32. The summed E-state index contributed by atoms with van der Waals surface area (Å²) in [5, 5.41) is 3.53. The number of aromatic nitrogens is 2. The lowest BCUT2D eigenvalue weighted by atomic mass is 9.96. The lowest BCUT2D eigenvalue weighted by molar-refractivity contribution is 0.415. The van der Waals surface area contributed by atoms with E-state index in [-0.39, 0.29) is 0 Å². The van der Waals surface area contributed by atoms with Crippen LogP contribution in [0.4, 0.5) is 11.5 Å². The number of methoxy groups -OCH3 is 1. The van der Waals surface area contributed by atoms with Gasteiger partial charge in [0.1, 0.15) is 17.9 Å². The van der Waals surface area contributed by atoms with Gasteiger partial charge in [0, 0.05) is 11.3 Å². The molecule has 0 amide bonds. The Bertz CT molecular complexity index is 1100. The van der Waals surface area contributed by atoms with Gasteiger partial charge < -0.3 is 10.1 Å². The number of ether oxygens (including phenoxy) is 1. The lowest BCUT2D eigenvalue weighted by Crippen LogP contribution is -2.07. The van der Waals surface area contributed by atoms with Crippen molar-refractivity contribution in [1.82, 2.24) is 9.97 Å². The van der Waals surface area contributed by atoms with Gasteiger partial charge in [0.05, 0.1) is 12.8 Å². The molecular weight excluding hydrogens is 394 g/mol. The highest BCUT2D eigenvalue weighted by Crippen LogP contribution is 2.32. The Kier molecular flexibility index (Phi) is 7.00. The second kappa shape index (κ2) is 10.3. The predicted octanol–water partition coefficient (Wildman–Crippen LogP) is 7.00. The third-order valence-corrected chi connectivity index (χ3v) is 6.15. The van der Waals surface area contributed by atoms with E-state index in [9.17, 15) is 0 Å². The molecule has 2 aromatic carbocycles. The molecule has 4 rings (SSSR count). The molecule has 1 aliphatic carbocycles. The first-order valence-corrected chi connectivity index (χ1v) is 11.3. The highest BCUT2D eigenvalue weighted by atomic mass is 16.5. The van der Waals surface area contributed by atoms with Crippen molar-refractivity contribution < 1.29 is 4.74 Å². The van der Waals surface area contributed by atoms with E-state index in [1.165, 1.54) is 31.2 Å². The summed E-state index contributed by atoms with van der Waals surface area (Å²) in [5.41, 5.74) is 6.47. The normalized spacial score (nSPS) is 14.4. The fourth-order valence-corrected chi connectivity index (χ4v) is 4.39. The smallest absolute Gasteiger partial charge is 0.141 e. The highest BCUT2D eigenvalue weighted by molar-refractivity contribution is 5.90. The second-order valence-electron chi connectivity index (χ2n) is 8.46. The zero-order valence-electron chi connectivity index (χ0n) is 19.0. The van der Waals surface area contributed by atoms with Gasteiger partial charge in [0.2, 0.25) is 0 Å². The molecule has 1 saturated carbocycles. The lowest BCUT2D eigenvalue weighted by Gasteiger charge is -2.16. The van der Waals surface area contributed by atoms with E-state index in [0.29, 0.717) is 5.92 Å². The van der Waals surface area contributed by atoms with Crippen molar-refractivity contribution in [1.29, 1.82) is 0 Å². The third-order valence-electron chi connectivity index (χ3n) is 6.15. The third kappa shape index (κ3) is 5.25. The Morgan fingerprint density at radius 2 is 1.91 bits per heavy atom.